The molecule has 0 amide bonds. The number of hydrogen-bond donors (Lipinski definition) is 1. The Morgan fingerprint density at radius 1 is 1.79 bits per heavy atom. The van der Waals surface area contributed by atoms with Gasteiger partial charge in [0.1, 0.15) is 0 Å². The third-order valence-corrected chi connectivity index (χ3v) is 2.72. The van der Waals surface area contributed by atoms with Crippen LogP contribution in [-0.2, 0) is 0 Å². The molecule has 0 radical (unpaired) electrons. The van der Waals surface area contributed by atoms with E-state index in [1.807, 2.05) is 25.3 Å². The number of nitrogens with zero attached hydrogens (tertiary/aromatic N) is 1. The first kappa shape index (κ1) is 11.1. The second-order valence-corrected chi connectivity index (χ2v) is 4.28. The molecule has 76 valence electrons. The van der Waals surface area contributed by atoms with E-state index in [1.54, 1.807) is 17.4 Å². The molecule has 0 aromatic carbocycles. The van der Waals surface area contributed by atoms with E-state index < -0.39 is 6.10 Å². The molecule has 0 bridgehead atoms. The summed E-state index contributed by atoms with van der Waals surface area (Å²) in [6.07, 6.45) is 3.78. The Morgan fingerprint density at radius 2 is 2.50 bits per heavy atom. The summed E-state index contributed by atoms with van der Waals surface area (Å²) in [4.78, 5) is 4.30. The molecule has 1 atom stereocenters. The van der Waals surface area contributed by atoms with Gasteiger partial charge in [-0.2, -0.15) is 0 Å². The van der Waals surface area contributed by atoms with E-state index >= 15 is 0 Å². The van der Waals surface area contributed by atoms with Crippen molar-refractivity contribution < 1.29 is 5.11 Å². The van der Waals surface area contributed by atoms with Crippen LogP contribution in [0.3, 0.4) is 0 Å². The highest BCUT2D eigenvalue weighted by atomic mass is 32.1. The van der Waals surface area contributed by atoms with Crippen LogP contribution in [0, 0.1) is 6.92 Å². The Labute approximate surface area is 88.6 Å². The minimum absolute atomic E-state index is 0.436. The highest BCUT2D eigenvalue weighted by Gasteiger charge is 2.04. The van der Waals surface area contributed by atoms with Crippen LogP contribution < -0.4 is 0 Å². The molecule has 1 aromatic heterocycles. The van der Waals surface area contributed by atoms with Gasteiger partial charge in [-0.1, -0.05) is 6.08 Å². The summed E-state index contributed by atoms with van der Waals surface area (Å²) in [6, 6.07) is 0. The zero-order chi connectivity index (χ0) is 10.6. The maximum atomic E-state index is 9.62. The Hall–Kier alpha value is -0.930. The number of aliphatic hydroxyl groups excluding tert-OH is 1. The summed E-state index contributed by atoms with van der Waals surface area (Å²) in [6.45, 7) is 7.47. The molecule has 3 heteroatoms. The summed E-state index contributed by atoms with van der Waals surface area (Å²) < 4.78 is 0. The van der Waals surface area contributed by atoms with E-state index in [4.69, 9.17) is 0 Å². The van der Waals surface area contributed by atoms with Crippen molar-refractivity contribution in [1.29, 1.82) is 0 Å². The second kappa shape index (κ2) is 5.08. The maximum Gasteiger partial charge on any atom is 0.0901 e. The zero-order valence-electron chi connectivity index (χ0n) is 8.53. The highest BCUT2D eigenvalue weighted by Crippen LogP contribution is 2.14. The molecule has 2 nitrogen and oxygen atoms in total. The summed E-state index contributed by atoms with van der Waals surface area (Å²) in [5.41, 5.74) is 1.85. The fourth-order valence-corrected chi connectivity index (χ4v) is 1.69. The lowest BCUT2D eigenvalue weighted by atomic mass is 10.1. The molecule has 1 aromatic rings. The summed E-state index contributed by atoms with van der Waals surface area (Å²) in [5, 5.41) is 12.7. The molecule has 0 saturated heterocycles. The Bertz CT molecular complexity index is 341. The van der Waals surface area contributed by atoms with Gasteiger partial charge in [0.05, 0.1) is 16.8 Å². The molecule has 0 aliphatic heterocycles. The molecule has 1 rings (SSSR count). The Morgan fingerprint density at radius 3 is 3.00 bits per heavy atom. The first-order valence-electron chi connectivity index (χ1n) is 4.52. The van der Waals surface area contributed by atoms with E-state index in [-0.39, 0.29) is 0 Å². The lowest BCUT2D eigenvalue weighted by molar-refractivity contribution is 0.215. The third-order valence-electron chi connectivity index (χ3n) is 1.93. The van der Waals surface area contributed by atoms with Crippen molar-refractivity contribution in [2.45, 2.75) is 26.4 Å². The van der Waals surface area contributed by atoms with Crippen LogP contribution in [0.1, 0.15) is 24.0 Å². The number of aliphatic hydroxyl groups is 1. The highest BCUT2D eigenvalue weighted by molar-refractivity contribution is 7.09. The van der Waals surface area contributed by atoms with Crippen LogP contribution in [0.25, 0.3) is 6.08 Å². The van der Waals surface area contributed by atoms with Gasteiger partial charge in [0.25, 0.3) is 0 Å². The summed E-state index contributed by atoms with van der Waals surface area (Å²) in [7, 11) is 0. The average molecular weight is 209 g/mol. The van der Waals surface area contributed by atoms with Gasteiger partial charge in [-0.05, 0) is 31.9 Å². The van der Waals surface area contributed by atoms with Gasteiger partial charge < -0.3 is 5.11 Å². The van der Waals surface area contributed by atoms with E-state index in [2.05, 4.69) is 11.6 Å². The van der Waals surface area contributed by atoms with Gasteiger partial charge in [-0.3, -0.25) is 0 Å². The number of aryl methyl sites for hydroxylation is 1. The third kappa shape index (κ3) is 3.09. The number of hydrogen-bond acceptors (Lipinski definition) is 3. The minimum atomic E-state index is -0.436. The van der Waals surface area contributed by atoms with Crippen LogP contribution in [0.2, 0.25) is 0 Å². The van der Waals surface area contributed by atoms with Gasteiger partial charge >= 0.3 is 0 Å². The molecule has 0 fully saturated rings. The second-order valence-electron chi connectivity index (χ2n) is 3.22. The van der Waals surface area contributed by atoms with E-state index in [1.165, 1.54) is 0 Å². The lowest BCUT2D eigenvalue weighted by Crippen LogP contribution is -2.05. The smallest absolute Gasteiger partial charge is 0.0901 e. The van der Waals surface area contributed by atoms with E-state index in [0.717, 1.165) is 16.3 Å². The van der Waals surface area contributed by atoms with Gasteiger partial charge in [-0.25, -0.2) is 4.98 Å². The fraction of sp³-hybridized carbons (Fsp3) is 0.364. The van der Waals surface area contributed by atoms with Crippen molar-refractivity contribution in [2.75, 3.05) is 0 Å². The van der Waals surface area contributed by atoms with Gasteiger partial charge in [0, 0.05) is 5.38 Å². The molecule has 0 aliphatic carbocycles. The summed E-state index contributed by atoms with van der Waals surface area (Å²) in [5.74, 6) is 0. The van der Waals surface area contributed by atoms with Crippen LogP contribution in [0.5, 0.6) is 0 Å². The molecule has 0 aliphatic rings. The van der Waals surface area contributed by atoms with Crippen molar-refractivity contribution in [2.24, 2.45) is 0 Å². The quantitative estimate of drug-likeness (QED) is 0.773. The molecular weight excluding hydrogens is 194 g/mol. The number of thiazole rings is 1. The van der Waals surface area contributed by atoms with Crippen molar-refractivity contribution in [1.82, 2.24) is 4.98 Å². The van der Waals surface area contributed by atoms with E-state index in [9.17, 15) is 5.11 Å². The Kier molecular flexibility index (Phi) is 4.04. The molecule has 14 heavy (non-hydrogen) atoms. The van der Waals surface area contributed by atoms with Gasteiger partial charge in [-0.15, -0.1) is 17.9 Å². The fourth-order valence-electron chi connectivity index (χ4n) is 1.12. The molecule has 0 spiro atoms. The van der Waals surface area contributed by atoms with Crippen molar-refractivity contribution in [3.63, 3.8) is 0 Å². The molecular formula is C11H15NOS. The molecule has 1 unspecified atom stereocenters. The van der Waals surface area contributed by atoms with Crippen LogP contribution in [-0.4, -0.2) is 16.2 Å². The SMILES string of the molecule is C=CCC(O)/C(C)=C/c1csc(C)n1. The largest absolute Gasteiger partial charge is 0.388 e. The monoisotopic (exact) mass is 209 g/mol. The van der Waals surface area contributed by atoms with E-state index in [0.29, 0.717) is 6.42 Å². The Balaban J connectivity index is 2.72. The lowest BCUT2D eigenvalue weighted by Gasteiger charge is -2.07. The number of aromatic nitrogens is 1. The molecule has 1 heterocycles. The molecule has 1 N–H and O–H groups in total. The van der Waals surface area contributed by atoms with Crippen molar-refractivity contribution in [3.8, 4) is 0 Å². The molecule has 0 saturated carbocycles. The maximum absolute atomic E-state index is 9.62. The van der Waals surface area contributed by atoms with Gasteiger partial charge in [0.15, 0.2) is 0 Å². The first-order valence-corrected chi connectivity index (χ1v) is 5.40. The van der Waals surface area contributed by atoms with Crippen LogP contribution in [0.4, 0.5) is 0 Å². The topological polar surface area (TPSA) is 33.1 Å². The van der Waals surface area contributed by atoms with Crippen LogP contribution in [0.15, 0.2) is 23.6 Å². The minimum Gasteiger partial charge on any atom is -0.388 e. The average Bonchev–Trinajstić information content (AvgIpc) is 2.51. The summed E-state index contributed by atoms with van der Waals surface area (Å²) >= 11 is 1.61. The van der Waals surface area contributed by atoms with Crippen molar-refractivity contribution in [3.05, 3.63) is 34.3 Å². The zero-order valence-corrected chi connectivity index (χ0v) is 9.34. The predicted molar refractivity (Wildman–Crippen MR) is 61.3 cm³/mol. The van der Waals surface area contributed by atoms with Crippen LogP contribution >= 0.6 is 11.3 Å². The van der Waals surface area contributed by atoms with Crippen molar-refractivity contribution >= 4 is 17.4 Å². The predicted octanol–water partition coefficient (Wildman–Crippen LogP) is 2.79. The number of rotatable bonds is 4. The first-order chi connectivity index (χ1) is 6.63. The standard InChI is InChI=1S/C11H15NOS/c1-4-5-11(13)8(2)6-10-7-14-9(3)12-10/h4,6-7,11,13H,1,5H2,2-3H3/b8-6+. The normalized spacial score (nSPS) is 14.1. The van der Waals surface area contributed by atoms with Gasteiger partial charge in [0.2, 0.25) is 0 Å².